The van der Waals surface area contributed by atoms with Gasteiger partial charge >= 0.3 is 5.97 Å². The van der Waals surface area contributed by atoms with Gasteiger partial charge in [0.05, 0.1) is 0 Å². The number of nitrogens with two attached hydrogens (primary N) is 1. The summed E-state index contributed by atoms with van der Waals surface area (Å²) in [5.74, 6) is -1.28. The molecule has 3 heteroatoms. The van der Waals surface area contributed by atoms with Crippen LogP contribution in [0.4, 0.5) is 0 Å². The molecule has 0 aliphatic rings. The van der Waals surface area contributed by atoms with Crippen LogP contribution in [0.3, 0.4) is 0 Å². The van der Waals surface area contributed by atoms with E-state index in [1.165, 1.54) is 0 Å². The number of hydrogen-bond donors (Lipinski definition) is 2. The second-order valence-electron chi connectivity index (χ2n) is 1.15. The summed E-state index contributed by atoms with van der Waals surface area (Å²) in [5.41, 5.74) is 4.94. The van der Waals surface area contributed by atoms with Crippen molar-refractivity contribution < 1.29 is 14.0 Å². The molecule has 0 aliphatic heterocycles. The first-order valence-corrected chi connectivity index (χ1v) is 1.81. The molecule has 0 bridgehead atoms. The van der Waals surface area contributed by atoms with Gasteiger partial charge in [0.15, 0.2) is 0 Å². The molecule has 1 atom stereocenters. The lowest BCUT2D eigenvalue weighted by atomic mass is 10.2. The second kappa shape index (κ2) is 2.58. The van der Waals surface area contributed by atoms with E-state index >= 15 is 0 Å². The summed E-state index contributed by atoms with van der Waals surface area (Å²) in [4.78, 5) is 10.0. The van der Waals surface area contributed by atoms with E-state index in [2.05, 4.69) is 0 Å². The number of hydrogen-bond acceptors (Lipinski definition) is 2. The van der Waals surface area contributed by atoms with Crippen molar-refractivity contribution in [3.05, 3.63) is 0 Å². The minimum atomic E-state index is -2.25. The Morgan fingerprint density at radius 2 is 2.86 bits per heavy atom. The summed E-state index contributed by atoms with van der Waals surface area (Å²) in [5, 5.41) is 8.17. The number of carbonyl (C=O) groups is 1. The normalized spacial score (nSPS) is 21.6. The molecule has 0 aromatic heterocycles. The van der Waals surface area contributed by atoms with Crippen LogP contribution in [0.1, 0.15) is 17.4 Å². The fraction of sp³-hybridized carbons (Fsp3) is 0.750. The van der Waals surface area contributed by atoms with E-state index < -0.39 is 25.3 Å². The highest BCUT2D eigenvalue weighted by Gasteiger charge is 2.05. The fourth-order valence-corrected chi connectivity index (χ4v) is 0.0873. The molecule has 0 spiro atoms. The molecule has 0 heterocycles. The average molecular weight is 106 g/mol. The summed E-state index contributed by atoms with van der Waals surface area (Å²) in [6.07, 6.45) is -0.484. The van der Waals surface area contributed by atoms with Crippen molar-refractivity contribution >= 4 is 5.97 Å². The van der Waals surface area contributed by atoms with Crippen molar-refractivity contribution in [3.8, 4) is 0 Å². The minimum absolute atomic E-state index is 0.484. The third kappa shape index (κ3) is 2.17. The predicted molar refractivity (Wildman–Crippen MR) is 25.9 cm³/mol. The summed E-state index contributed by atoms with van der Waals surface area (Å²) in [7, 11) is 0. The molecular weight excluding hydrogens is 94.0 g/mol. The highest BCUT2D eigenvalue weighted by atomic mass is 16.4. The summed E-state index contributed by atoms with van der Waals surface area (Å²) >= 11 is 0. The van der Waals surface area contributed by atoms with Crippen molar-refractivity contribution in [1.29, 1.82) is 0 Å². The SMILES string of the molecule is [2H]C([2H])([2H])C[C@@H](N)C(=O)O. The number of aliphatic carboxylic acids is 1. The third-order valence-corrected chi connectivity index (χ3v) is 0.537. The Morgan fingerprint density at radius 1 is 2.29 bits per heavy atom. The zero-order chi connectivity index (χ0) is 8.36. The number of carboxylic acids is 1. The fourth-order valence-electron chi connectivity index (χ4n) is 0.0873. The van der Waals surface area contributed by atoms with Crippen LogP contribution in [0.2, 0.25) is 0 Å². The Kier molecular flexibility index (Phi) is 0.982. The van der Waals surface area contributed by atoms with Gasteiger partial charge in [0.25, 0.3) is 0 Å². The third-order valence-electron chi connectivity index (χ3n) is 0.537. The van der Waals surface area contributed by atoms with Crippen LogP contribution >= 0.6 is 0 Å². The van der Waals surface area contributed by atoms with E-state index in [0.717, 1.165) is 0 Å². The zero-order valence-corrected chi connectivity index (χ0v) is 3.72. The van der Waals surface area contributed by atoms with E-state index in [-0.39, 0.29) is 0 Å². The largest absolute Gasteiger partial charge is 0.480 e. The second-order valence-corrected chi connectivity index (χ2v) is 1.15. The Morgan fingerprint density at radius 3 is 3.00 bits per heavy atom. The lowest BCUT2D eigenvalue weighted by molar-refractivity contribution is -0.138. The van der Waals surface area contributed by atoms with E-state index in [1.54, 1.807) is 0 Å². The Bertz CT molecular complexity index is 133. The topological polar surface area (TPSA) is 63.3 Å². The quantitative estimate of drug-likeness (QED) is 0.512. The molecule has 0 saturated carbocycles. The van der Waals surface area contributed by atoms with Crippen LogP contribution in [0, 0.1) is 0 Å². The van der Waals surface area contributed by atoms with Gasteiger partial charge in [-0.05, 0) is 6.42 Å². The van der Waals surface area contributed by atoms with Gasteiger partial charge in [0, 0.05) is 4.11 Å². The molecule has 0 aromatic carbocycles. The number of carboxylic acid groups (broad SMARTS) is 1. The molecule has 0 aliphatic carbocycles. The van der Waals surface area contributed by atoms with Gasteiger partial charge in [-0.1, -0.05) is 6.85 Å². The van der Waals surface area contributed by atoms with Gasteiger partial charge < -0.3 is 10.8 Å². The highest BCUT2D eigenvalue weighted by molar-refractivity contribution is 5.72. The molecule has 0 radical (unpaired) electrons. The smallest absolute Gasteiger partial charge is 0.320 e. The van der Waals surface area contributed by atoms with Crippen LogP contribution in [0.25, 0.3) is 0 Å². The molecule has 7 heavy (non-hydrogen) atoms. The van der Waals surface area contributed by atoms with E-state index in [4.69, 9.17) is 15.0 Å². The lowest BCUT2D eigenvalue weighted by Crippen LogP contribution is -2.28. The molecule has 42 valence electrons. The van der Waals surface area contributed by atoms with Crippen LogP contribution < -0.4 is 5.73 Å². The standard InChI is InChI=1S/C4H9NO2/c1-2-3(5)4(6)7/h3H,2,5H2,1H3,(H,6,7)/t3-/m1/s1/i1D3. The van der Waals surface area contributed by atoms with Crippen molar-refractivity contribution in [2.24, 2.45) is 5.73 Å². The molecule has 0 amide bonds. The van der Waals surface area contributed by atoms with Crippen LogP contribution in [0.15, 0.2) is 0 Å². The maximum Gasteiger partial charge on any atom is 0.320 e. The molecule has 3 nitrogen and oxygen atoms in total. The van der Waals surface area contributed by atoms with E-state index in [0.29, 0.717) is 0 Å². The van der Waals surface area contributed by atoms with Gasteiger partial charge in [0.2, 0.25) is 0 Å². The first-order chi connectivity index (χ1) is 4.33. The molecule has 0 aromatic rings. The molecule has 0 rings (SSSR count). The maximum absolute atomic E-state index is 10.0. The van der Waals surface area contributed by atoms with Crippen LogP contribution in [0.5, 0.6) is 0 Å². The first kappa shape index (κ1) is 2.67. The van der Waals surface area contributed by atoms with Gasteiger partial charge in [-0.3, -0.25) is 4.79 Å². The van der Waals surface area contributed by atoms with Crippen molar-refractivity contribution in [2.75, 3.05) is 0 Å². The Labute approximate surface area is 46.3 Å². The first-order valence-electron chi connectivity index (χ1n) is 3.31. The van der Waals surface area contributed by atoms with Crippen LogP contribution in [-0.4, -0.2) is 17.1 Å². The summed E-state index contributed by atoms with van der Waals surface area (Å²) in [6.45, 7) is -2.25. The molecule has 0 fully saturated rings. The van der Waals surface area contributed by atoms with Gasteiger partial charge in [-0.25, -0.2) is 0 Å². The van der Waals surface area contributed by atoms with Crippen LogP contribution in [-0.2, 0) is 4.79 Å². The van der Waals surface area contributed by atoms with E-state index in [9.17, 15) is 4.79 Å². The Hall–Kier alpha value is -0.570. The average Bonchev–Trinajstić information content (AvgIpc) is 1.60. The summed E-state index contributed by atoms with van der Waals surface area (Å²) in [6, 6.07) is -1.28. The number of rotatable bonds is 2. The maximum atomic E-state index is 10.0. The van der Waals surface area contributed by atoms with Gasteiger partial charge in [-0.15, -0.1) is 0 Å². The monoisotopic (exact) mass is 106 g/mol. The van der Waals surface area contributed by atoms with Gasteiger partial charge in [-0.2, -0.15) is 0 Å². The van der Waals surface area contributed by atoms with Crippen molar-refractivity contribution in [1.82, 2.24) is 0 Å². The van der Waals surface area contributed by atoms with Crippen molar-refractivity contribution in [2.45, 2.75) is 19.3 Å². The zero-order valence-electron chi connectivity index (χ0n) is 6.72. The Balaban J connectivity index is 3.80. The lowest BCUT2D eigenvalue weighted by Gasteiger charge is -1.97. The van der Waals surface area contributed by atoms with Gasteiger partial charge in [0.1, 0.15) is 6.04 Å². The summed E-state index contributed by atoms with van der Waals surface area (Å²) < 4.78 is 19.9. The molecular formula is C4H9NO2. The minimum Gasteiger partial charge on any atom is -0.480 e. The molecule has 3 N–H and O–H groups in total. The highest BCUT2D eigenvalue weighted by Crippen LogP contribution is 1.82. The molecule has 0 unspecified atom stereocenters. The molecule has 0 saturated heterocycles. The van der Waals surface area contributed by atoms with Crippen molar-refractivity contribution in [3.63, 3.8) is 0 Å². The predicted octanol–water partition coefficient (Wildman–Crippen LogP) is -0.192. The van der Waals surface area contributed by atoms with E-state index in [1.807, 2.05) is 0 Å².